The van der Waals surface area contributed by atoms with E-state index in [0.29, 0.717) is 0 Å². The average molecular weight is 284 g/mol. The highest BCUT2D eigenvalue weighted by Crippen LogP contribution is 2.44. The zero-order chi connectivity index (χ0) is 14.9. The Morgan fingerprint density at radius 2 is 1.41 bits per heavy atom. The van der Waals surface area contributed by atoms with Crippen molar-refractivity contribution in [2.75, 3.05) is 0 Å². The lowest BCUT2D eigenvalue weighted by atomic mass is 9.78. The SMILES string of the molecule is O=C1C=C(c2ccccc2)C2C=CC1C2=Cc1ccccc1. The number of ketones is 1. The van der Waals surface area contributed by atoms with Crippen molar-refractivity contribution >= 4 is 17.4 Å². The Balaban J connectivity index is 1.80. The van der Waals surface area contributed by atoms with Crippen LogP contribution in [0.3, 0.4) is 0 Å². The summed E-state index contributed by atoms with van der Waals surface area (Å²) in [4.78, 5) is 12.5. The van der Waals surface area contributed by atoms with Crippen LogP contribution in [0.5, 0.6) is 0 Å². The molecule has 22 heavy (non-hydrogen) atoms. The highest BCUT2D eigenvalue weighted by molar-refractivity contribution is 6.06. The molecule has 2 atom stereocenters. The molecular formula is C21H16O. The van der Waals surface area contributed by atoms with Crippen molar-refractivity contribution in [2.24, 2.45) is 11.8 Å². The maximum absolute atomic E-state index is 12.5. The normalized spacial score (nSPS) is 24.6. The summed E-state index contributed by atoms with van der Waals surface area (Å²) >= 11 is 0. The fraction of sp³-hybridized carbons (Fsp3) is 0.0952. The molecule has 0 fully saturated rings. The molecule has 2 aliphatic carbocycles. The summed E-state index contributed by atoms with van der Waals surface area (Å²) in [6.45, 7) is 0. The van der Waals surface area contributed by atoms with Gasteiger partial charge >= 0.3 is 0 Å². The van der Waals surface area contributed by atoms with E-state index in [1.54, 1.807) is 0 Å². The van der Waals surface area contributed by atoms with Crippen molar-refractivity contribution in [3.05, 3.63) is 95.6 Å². The monoisotopic (exact) mass is 284 g/mol. The van der Waals surface area contributed by atoms with Crippen LogP contribution >= 0.6 is 0 Å². The number of benzene rings is 2. The lowest BCUT2D eigenvalue weighted by Gasteiger charge is -2.24. The van der Waals surface area contributed by atoms with Crippen molar-refractivity contribution in [1.82, 2.24) is 0 Å². The van der Waals surface area contributed by atoms with Gasteiger partial charge in [-0.2, -0.15) is 0 Å². The Morgan fingerprint density at radius 3 is 2.14 bits per heavy atom. The minimum atomic E-state index is -0.0855. The molecule has 0 radical (unpaired) electrons. The molecule has 1 nitrogen and oxygen atoms in total. The van der Waals surface area contributed by atoms with Gasteiger partial charge in [0, 0.05) is 5.92 Å². The van der Waals surface area contributed by atoms with E-state index in [-0.39, 0.29) is 17.6 Å². The molecule has 0 saturated heterocycles. The van der Waals surface area contributed by atoms with E-state index in [2.05, 4.69) is 36.4 Å². The Hall–Kier alpha value is -2.67. The third kappa shape index (κ3) is 2.15. The zero-order valence-corrected chi connectivity index (χ0v) is 12.1. The summed E-state index contributed by atoms with van der Waals surface area (Å²) < 4.78 is 0. The van der Waals surface area contributed by atoms with Gasteiger partial charge in [-0.15, -0.1) is 0 Å². The van der Waals surface area contributed by atoms with Gasteiger partial charge in [0.1, 0.15) is 0 Å². The van der Waals surface area contributed by atoms with Crippen molar-refractivity contribution in [2.45, 2.75) is 0 Å². The first-order chi connectivity index (χ1) is 10.8. The minimum absolute atomic E-state index is 0.0855. The van der Waals surface area contributed by atoms with Crippen LogP contribution in [0.1, 0.15) is 11.1 Å². The van der Waals surface area contributed by atoms with Crippen LogP contribution in [-0.4, -0.2) is 5.78 Å². The van der Waals surface area contributed by atoms with Crippen LogP contribution in [0.25, 0.3) is 11.6 Å². The van der Waals surface area contributed by atoms with Crippen LogP contribution in [0.2, 0.25) is 0 Å². The van der Waals surface area contributed by atoms with Gasteiger partial charge < -0.3 is 0 Å². The average Bonchev–Trinajstić information content (AvgIpc) is 2.89. The van der Waals surface area contributed by atoms with Gasteiger partial charge in [-0.1, -0.05) is 78.9 Å². The molecule has 0 N–H and O–H groups in total. The van der Waals surface area contributed by atoms with E-state index in [1.807, 2.05) is 48.6 Å². The number of rotatable bonds is 2. The number of hydrogen-bond acceptors (Lipinski definition) is 1. The van der Waals surface area contributed by atoms with Gasteiger partial charge in [0.15, 0.2) is 5.78 Å². The molecule has 0 heterocycles. The first-order valence-electron chi connectivity index (χ1n) is 7.58. The molecule has 2 aromatic rings. The second-order valence-corrected chi connectivity index (χ2v) is 5.76. The molecule has 0 amide bonds. The van der Waals surface area contributed by atoms with E-state index < -0.39 is 0 Å². The van der Waals surface area contributed by atoms with Crippen molar-refractivity contribution in [1.29, 1.82) is 0 Å². The Kier molecular flexibility index (Phi) is 3.12. The summed E-state index contributed by atoms with van der Waals surface area (Å²) in [5.74, 6) is 0.314. The molecule has 2 aliphatic rings. The summed E-state index contributed by atoms with van der Waals surface area (Å²) in [6.07, 6.45) is 8.22. The van der Waals surface area contributed by atoms with Crippen molar-refractivity contribution < 1.29 is 4.79 Å². The fourth-order valence-electron chi connectivity index (χ4n) is 3.33. The van der Waals surface area contributed by atoms with Crippen LogP contribution in [0.4, 0.5) is 0 Å². The predicted octanol–water partition coefficient (Wildman–Crippen LogP) is 4.54. The molecule has 0 spiro atoms. The number of fused-ring (bicyclic) bond motifs is 2. The quantitative estimate of drug-likeness (QED) is 0.740. The standard InChI is InChI=1S/C21H16O/c22-21-14-19(16-9-5-2-6-10-16)17-11-12-18(21)20(17)13-15-7-3-1-4-8-15/h1-14,17-18H. The van der Waals surface area contributed by atoms with Gasteiger partial charge in [-0.3, -0.25) is 4.79 Å². The lowest BCUT2D eigenvalue weighted by Crippen LogP contribution is -2.19. The Labute approximate surface area is 130 Å². The number of allylic oxidation sites excluding steroid dienone is 5. The van der Waals surface area contributed by atoms with E-state index >= 15 is 0 Å². The molecule has 0 saturated carbocycles. The Morgan fingerprint density at radius 1 is 0.773 bits per heavy atom. The van der Waals surface area contributed by atoms with Crippen LogP contribution in [-0.2, 0) is 4.79 Å². The number of carbonyl (C=O) groups is 1. The highest BCUT2D eigenvalue weighted by atomic mass is 16.1. The van der Waals surface area contributed by atoms with E-state index in [4.69, 9.17) is 0 Å². The maximum Gasteiger partial charge on any atom is 0.166 e. The largest absolute Gasteiger partial charge is 0.294 e. The zero-order valence-electron chi connectivity index (χ0n) is 12.1. The lowest BCUT2D eigenvalue weighted by molar-refractivity contribution is -0.116. The molecule has 2 unspecified atom stereocenters. The van der Waals surface area contributed by atoms with Gasteiger partial charge in [-0.25, -0.2) is 0 Å². The third-order valence-electron chi connectivity index (χ3n) is 4.39. The second kappa shape index (κ2) is 5.27. The van der Waals surface area contributed by atoms with Gasteiger partial charge in [0.05, 0.1) is 5.92 Å². The van der Waals surface area contributed by atoms with Crippen LogP contribution in [0, 0.1) is 11.8 Å². The summed E-state index contributed by atoms with van der Waals surface area (Å²) in [5.41, 5.74) is 4.58. The Bertz CT molecular complexity index is 794. The molecule has 2 bridgehead atoms. The molecule has 4 rings (SSSR count). The first-order valence-corrected chi connectivity index (χ1v) is 7.58. The van der Waals surface area contributed by atoms with Gasteiger partial charge in [0.25, 0.3) is 0 Å². The van der Waals surface area contributed by atoms with Crippen molar-refractivity contribution in [3.63, 3.8) is 0 Å². The van der Waals surface area contributed by atoms with E-state index in [1.165, 1.54) is 5.57 Å². The summed E-state index contributed by atoms with van der Waals surface area (Å²) in [6, 6.07) is 20.4. The van der Waals surface area contributed by atoms with Crippen LogP contribution < -0.4 is 0 Å². The molecule has 1 heteroatoms. The summed E-state index contributed by atoms with van der Waals surface area (Å²) in [7, 11) is 0. The topological polar surface area (TPSA) is 17.1 Å². The first kappa shape index (κ1) is 13.0. The van der Waals surface area contributed by atoms with E-state index in [9.17, 15) is 4.79 Å². The molecule has 2 aromatic carbocycles. The van der Waals surface area contributed by atoms with Crippen LogP contribution in [0.15, 0.2) is 84.5 Å². The molecule has 106 valence electrons. The highest BCUT2D eigenvalue weighted by Gasteiger charge is 2.36. The number of carbonyl (C=O) groups excluding carboxylic acids is 1. The third-order valence-corrected chi connectivity index (χ3v) is 4.39. The van der Waals surface area contributed by atoms with Crippen molar-refractivity contribution in [3.8, 4) is 0 Å². The van der Waals surface area contributed by atoms with Gasteiger partial charge in [-0.05, 0) is 28.3 Å². The maximum atomic E-state index is 12.5. The molecule has 0 aliphatic heterocycles. The molecular weight excluding hydrogens is 268 g/mol. The smallest absolute Gasteiger partial charge is 0.166 e. The predicted molar refractivity (Wildman–Crippen MR) is 90.0 cm³/mol. The second-order valence-electron chi connectivity index (χ2n) is 5.76. The summed E-state index contributed by atoms with van der Waals surface area (Å²) in [5, 5.41) is 0. The fourth-order valence-corrected chi connectivity index (χ4v) is 3.33. The minimum Gasteiger partial charge on any atom is -0.294 e. The van der Waals surface area contributed by atoms with Gasteiger partial charge in [0.2, 0.25) is 0 Å². The number of hydrogen-bond donors (Lipinski definition) is 0. The van der Waals surface area contributed by atoms with E-state index in [0.717, 1.165) is 16.7 Å². The molecule has 0 aromatic heterocycles.